The molecule has 0 aliphatic carbocycles. The Morgan fingerprint density at radius 2 is 1.68 bits per heavy atom. The maximum Gasteiger partial charge on any atom is 0.331 e. The zero-order valence-electron chi connectivity index (χ0n) is 16.7. The number of nitrogens with one attached hydrogen (secondary N) is 1. The fourth-order valence-electron chi connectivity index (χ4n) is 3.40. The van der Waals surface area contributed by atoms with Crippen molar-refractivity contribution in [3.8, 4) is 5.75 Å². The molecule has 0 saturated carbocycles. The molecule has 0 unspecified atom stereocenters. The second kappa shape index (κ2) is 8.67. The van der Waals surface area contributed by atoms with Gasteiger partial charge in [-0.05, 0) is 40.1 Å². The monoisotopic (exact) mass is 412 g/mol. The summed E-state index contributed by atoms with van der Waals surface area (Å²) < 4.78 is 5.92. The van der Waals surface area contributed by atoms with Crippen LogP contribution in [0.1, 0.15) is 11.1 Å². The van der Waals surface area contributed by atoms with Crippen molar-refractivity contribution in [3.05, 3.63) is 96.1 Å². The fraction of sp³-hybridized carbons (Fsp3) is 0.0800. The molecule has 1 heterocycles. The van der Waals surface area contributed by atoms with E-state index in [2.05, 4.69) is 30.1 Å². The van der Waals surface area contributed by atoms with Gasteiger partial charge in [0.15, 0.2) is 0 Å². The predicted molar refractivity (Wildman–Crippen MR) is 118 cm³/mol. The van der Waals surface area contributed by atoms with Crippen LogP contribution in [-0.2, 0) is 16.2 Å². The Hall–Kier alpha value is -4.19. The molecule has 6 heteroatoms. The molecule has 1 saturated heterocycles. The van der Waals surface area contributed by atoms with Crippen LogP contribution in [0.5, 0.6) is 5.75 Å². The van der Waals surface area contributed by atoms with Crippen molar-refractivity contribution in [2.24, 2.45) is 0 Å². The highest BCUT2D eigenvalue weighted by Crippen LogP contribution is 2.22. The molecule has 0 radical (unpaired) electrons. The Bertz CT molecular complexity index is 1210. The maximum atomic E-state index is 12.5. The van der Waals surface area contributed by atoms with Gasteiger partial charge >= 0.3 is 6.03 Å². The van der Waals surface area contributed by atoms with E-state index in [9.17, 15) is 14.4 Å². The van der Waals surface area contributed by atoms with Gasteiger partial charge in [0.05, 0.1) is 0 Å². The smallest absolute Gasteiger partial charge is 0.331 e. The third-order valence-corrected chi connectivity index (χ3v) is 4.96. The van der Waals surface area contributed by atoms with Crippen molar-refractivity contribution < 1.29 is 19.1 Å². The number of carbonyl (C=O) groups is 3. The molecule has 31 heavy (non-hydrogen) atoms. The highest BCUT2D eigenvalue weighted by Gasteiger charge is 2.34. The molecule has 1 fully saturated rings. The molecule has 3 aromatic carbocycles. The van der Waals surface area contributed by atoms with Crippen molar-refractivity contribution in [2.75, 3.05) is 6.54 Å². The third kappa shape index (κ3) is 4.23. The van der Waals surface area contributed by atoms with E-state index >= 15 is 0 Å². The van der Waals surface area contributed by atoms with Gasteiger partial charge in [0.2, 0.25) is 0 Å². The van der Waals surface area contributed by atoms with Crippen LogP contribution in [0.15, 0.2) is 85.0 Å². The molecule has 3 aromatic rings. The van der Waals surface area contributed by atoms with Crippen LogP contribution in [0.4, 0.5) is 4.79 Å². The second-order valence-electron chi connectivity index (χ2n) is 7.02. The SMILES string of the molecule is C=CCN1C(=O)NC(=O)/C(=C\c2ccc(OCc3cccc4ccccc34)cc2)C1=O. The van der Waals surface area contributed by atoms with E-state index in [0.29, 0.717) is 17.9 Å². The summed E-state index contributed by atoms with van der Waals surface area (Å²) in [7, 11) is 0. The summed E-state index contributed by atoms with van der Waals surface area (Å²) in [5, 5.41) is 4.47. The summed E-state index contributed by atoms with van der Waals surface area (Å²) in [5.74, 6) is -0.700. The highest BCUT2D eigenvalue weighted by atomic mass is 16.5. The number of urea groups is 1. The van der Waals surface area contributed by atoms with Crippen molar-refractivity contribution in [1.29, 1.82) is 0 Å². The van der Waals surface area contributed by atoms with Gasteiger partial charge in [-0.15, -0.1) is 6.58 Å². The molecule has 154 valence electrons. The van der Waals surface area contributed by atoms with Crippen LogP contribution in [0, 0.1) is 0 Å². The van der Waals surface area contributed by atoms with Crippen LogP contribution in [0.3, 0.4) is 0 Å². The summed E-state index contributed by atoms with van der Waals surface area (Å²) in [6, 6.07) is 20.5. The minimum atomic E-state index is -0.746. The average Bonchev–Trinajstić information content (AvgIpc) is 2.79. The molecule has 1 aliphatic rings. The number of benzene rings is 3. The summed E-state index contributed by atoms with van der Waals surface area (Å²) in [5.41, 5.74) is 1.62. The molecule has 0 atom stereocenters. The zero-order valence-corrected chi connectivity index (χ0v) is 16.7. The number of ether oxygens (including phenoxy) is 1. The molecule has 1 aliphatic heterocycles. The minimum Gasteiger partial charge on any atom is -0.489 e. The largest absolute Gasteiger partial charge is 0.489 e. The van der Waals surface area contributed by atoms with Gasteiger partial charge < -0.3 is 4.74 Å². The van der Waals surface area contributed by atoms with Gasteiger partial charge in [0.25, 0.3) is 11.8 Å². The second-order valence-corrected chi connectivity index (χ2v) is 7.02. The lowest BCUT2D eigenvalue weighted by atomic mass is 10.1. The van der Waals surface area contributed by atoms with Gasteiger partial charge in [-0.25, -0.2) is 4.79 Å². The molecular formula is C25H20N2O4. The zero-order chi connectivity index (χ0) is 21.8. The van der Waals surface area contributed by atoms with Gasteiger partial charge in [-0.1, -0.05) is 60.7 Å². The van der Waals surface area contributed by atoms with E-state index in [1.165, 1.54) is 12.2 Å². The predicted octanol–water partition coefficient (Wildman–Crippen LogP) is 4.07. The van der Waals surface area contributed by atoms with Crippen LogP contribution >= 0.6 is 0 Å². The first-order chi connectivity index (χ1) is 15.1. The van der Waals surface area contributed by atoms with Crippen molar-refractivity contribution in [2.45, 2.75) is 6.61 Å². The number of rotatable bonds is 6. The van der Waals surface area contributed by atoms with Gasteiger partial charge in [0, 0.05) is 6.54 Å². The van der Waals surface area contributed by atoms with Crippen LogP contribution < -0.4 is 10.1 Å². The average molecular weight is 412 g/mol. The van der Waals surface area contributed by atoms with E-state index < -0.39 is 17.8 Å². The number of hydrogen-bond donors (Lipinski definition) is 1. The highest BCUT2D eigenvalue weighted by molar-refractivity contribution is 6.31. The number of hydrogen-bond acceptors (Lipinski definition) is 4. The summed E-state index contributed by atoms with van der Waals surface area (Å²) in [4.78, 5) is 37.3. The van der Waals surface area contributed by atoms with Gasteiger partial charge in [0.1, 0.15) is 17.9 Å². The molecular weight excluding hydrogens is 392 g/mol. The number of barbiturate groups is 1. The first-order valence-electron chi connectivity index (χ1n) is 9.76. The standard InChI is InChI=1S/C25H20N2O4/c1-2-14-27-24(29)22(23(28)26-25(27)30)15-17-10-12-20(13-11-17)31-16-19-8-5-7-18-6-3-4-9-21(18)19/h2-13,15H,1,14,16H2,(H,26,28,30)/b22-15+. The first-order valence-corrected chi connectivity index (χ1v) is 9.76. The summed E-state index contributed by atoms with van der Waals surface area (Å²) >= 11 is 0. The van der Waals surface area contributed by atoms with Crippen molar-refractivity contribution in [1.82, 2.24) is 10.2 Å². The van der Waals surface area contributed by atoms with Gasteiger partial charge in [-0.2, -0.15) is 0 Å². The van der Waals surface area contributed by atoms with E-state index in [1.54, 1.807) is 24.3 Å². The van der Waals surface area contributed by atoms with E-state index in [-0.39, 0.29) is 12.1 Å². The Balaban J connectivity index is 1.49. The maximum absolute atomic E-state index is 12.5. The van der Waals surface area contributed by atoms with E-state index in [0.717, 1.165) is 21.2 Å². The molecule has 0 aromatic heterocycles. The topological polar surface area (TPSA) is 75.7 Å². The summed E-state index contributed by atoms with van der Waals surface area (Å²) in [6.07, 6.45) is 2.88. The van der Waals surface area contributed by atoms with Crippen LogP contribution in [-0.4, -0.2) is 29.3 Å². The number of imide groups is 2. The quantitative estimate of drug-likeness (QED) is 0.376. The number of fused-ring (bicyclic) bond motifs is 1. The van der Waals surface area contributed by atoms with Crippen LogP contribution in [0.2, 0.25) is 0 Å². The fourth-order valence-corrected chi connectivity index (χ4v) is 3.40. The Morgan fingerprint density at radius 3 is 2.45 bits per heavy atom. The van der Waals surface area contributed by atoms with Crippen molar-refractivity contribution in [3.63, 3.8) is 0 Å². The number of carbonyl (C=O) groups excluding carboxylic acids is 3. The molecule has 1 N–H and O–H groups in total. The molecule has 0 spiro atoms. The van der Waals surface area contributed by atoms with Crippen molar-refractivity contribution >= 4 is 34.7 Å². The normalized spacial score (nSPS) is 15.3. The number of nitrogens with zero attached hydrogens (tertiary/aromatic N) is 1. The lowest BCUT2D eigenvalue weighted by Gasteiger charge is -2.25. The van der Waals surface area contributed by atoms with E-state index in [1.807, 2.05) is 24.3 Å². The minimum absolute atomic E-state index is 0.0240. The molecule has 4 rings (SSSR count). The van der Waals surface area contributed by atoms with Crippen LogP contribution in [0.25, 0.3) is 16.8 Å². The lowest BCUT2D eigenvalue weighted by molar-refractivity contribution is -0.129. The first kappa shape index (κ1) is 20.1. The van der Waals surface area contributed by atoms with Gasteiger partial charge in [-0.3, -0.25) is 19.8 Å². The lowest BCUT2D eigenvalue weighted by Crippen LogP contribution is -2.54. The molecule has 6 nitrogen and oxygen atoms in total. The molecule has 4 amide bonds. The number of amides is 4. The Morgan fingerprint density at radius 1 is 0.935 bits per heavy atom. The van der Waals surface area contributed by atoms with E-state index in [4.69, 9.17) is 4.74 Å². The Labute approximate surface area is 179 Å². The molecule has 0 bridgehead atoms. The summed E-state index contributed by atoms with van der Waals surface area (Å²) in [6.45, 7) is 3.97. The third-order valence-electron chi connectivity index (χ3n) is 4.96. The Kier molecular flexibility index (Phi) is 5.62.